The number of aromatic nitrogens is 1. The van der Waals surface area contributed by atoms with Gasteiger partial charge in [-0.3, -0.25) is 19.4 Å². The summed E-state index contributed by atoms with van der Waals surface area (Å²) in [5.41, 5.74) is 6.23. The van der Waals surface area contributed by atoms with Gasteiger partial charge in [0.1, 0.15) is 6.04 Å². The highest BCUT2D eigenvalue weighted by Gasteiger charge is 2.36. The third kappa shape index (κ3) is 5.59. The molecule has 6 N–H and O–H groups in total. The van der Waals surface area contributed by atoms with E-state index in [-0.39, 0.29) is 35.5 Å². The van der Waals surface area contributed by atoms with Crippen LogP contribution in [0.5, 0.6) is 0 Å². The summed E-state index contributed by atoms with van der Waals surface area (Å²) >= 11 is 0. The van der Waals surface area contributed by atoms with Gasteiger partial charge in [-0.1, -0.05) is 20.3 Å². The smallest absolute Gasteiger partial charge is 0.313 e. The molecule has 1 aliphatic carbocycles. The first-order valence-electron chi connectivity index (χ1n) is 10.9. The second kappa shape index (κ2) is 9.45. The van der Waals surface area contributed by atoms with E-state index in [0.29, 0.717) is 24.2 Å². The number of carbonyl (C=O) groups excluding carboxylic acids is 3. The van der Waals surface area contributed by atoms with Gasteiger partial charge in [-0.25, -0.2) is 5.41 Å². The van der Waals surface area contributed by atoms with Crippen LogP contribution in [0.2, 0.25) is 0 Å². The van der Waals surface area contributed by atoms with Crippen LogP contribution in [-0.2, 0) is 14.4 Å². The van der Waals surface area contributed by atoms with E-state index in [4.69, 9.17) is 11.1 Å². The standard InChI is InChI=1S/C22H32N6O3/c1-22(2)8-3-5-14(11-22)27-21(31)17-6-4-10-28(17)18(29)13-26-16-12-25-9-7-15(16)19(23)20(24)30/h7,9,12,14,17,23,26H,3-6,8,10-11,13H2,1-2H3,(H2,24,30)(H,27,31)/p+1/t14-,17+/m1/s1. The molecule has 0 spiro atoms. The number of primary amides is 1. The highest BCUT2D eigenvalue weighted by molar-refractivity contribution is 6.43. The van der Waals surface area contributed by atoms with Gasteiger partial charge in [0.2, 0.25) is 11.8 Å². The summed E-state index contributed by atoms with van der Waals surface area (Å²) in [6, 6.07) is 1.28. The highest BCUT2D eigenvalue weighted by Crippen LogP contribution is 2.35. The minimum atomic E-state index is -0.747. The molecular weight excluding hydrogens is 396 g/mol. The Kier molecular flexibility index (Phi) is 6.92. The predicted octanol–water partition coefficient (Wildman–Crippen LogP) is -0.397. The zero-order valence-electron chi connectivity index (χ0n) is 18.3. The van der Waals surface area contributed by atoms with Crippen LogP contribution in [0.1, 0.15) is 57.9 Å². The second-order valence-corrected chi connectivity index (χ2v) is 9.26. The molecule has 31 heavy (non-hydrogen) atoms. The summed E-state index contributed by atoms with van der Waals surface area (Å²) in [7, 11) is 0. The summed E-state index contributed by atoms with van der Waals surface area (Å²) in [4.78, 5) is 42.9. The molecule has 0 bridgehead atoms. The van der Waals surface area contributed by atoms with Crippen LogP contribution in [0.15, 0.2) is 18.5 Å². The van der Waals surface area contributed by atoms with Gasteiger partial charge in [0.05, 0.1) is 24.0 Å². The maximum absolute atomic E-state index is 12.9. The predicted molar refractivity (Wildman–Crippen MR) is 117 cm³/mol. The van der Waals surface area contributed by atoms with E-state index in [2.05, 4.69) is 29.5 Å². The number of nitrogens with one attached hydrogen (secondary N) is 2. The van der Waals surface area contributed by atoms with Crippen LogP contribution in [0.3, 0.4) is 0 Å². The van der Waals surface area contributed by atoms with Gasteiger partial charge in [0, 0.05) is 18.8 Å². The molecule has 1 saturated heterocycles. The molecule has 9 heteroatoms. The Morgan fingerprint density at radius 1 is 1.29 bits per heavy atom. The number of hydrogen-bond acceptors (Lipinski definition) is 5. The van der Waals surface area contributed by atoms with Crippen LogP contribution in [-0.4, -0.2) is 58.5 Å². The normalized spacial score (nSPS) is 22.6. The molecule has 0 radical (unpaired) electrons. The van der Waals surface area contributed by atoms with Gasteiger partial charge >= 0.3 is 5.91 Å². The third-order valence-corrected chi connectivity index (χ3v) is 6.23. The Morgan fingerprint density at radius 2 is 2.06 bits per heavy atom. The fraction of sp³-hybridized carbons (Fsp3) is 0.591. The van der Waals surface area contributed by atoms with E-state index in [9.17, 15) is 14.4 Å². The summed E-state index contributed by atoms with van der Waals surface area (Å²) < 4.78 is 0. The van der Waals surface area contributed by atoms with E-state index in [1.807, 2.05) is 0 Å². The van der Waals surface area contributed by atoms with Gasteiger partial charge in [-0.05, 0) is 43.6 Å². The van der Waals surface area contributed by atoms with Crippen LogP contribution in [0.25, 0.3) is 0 Å². The zero-order chi connectivity index (χ0) is 22.6. The van der Waals surface area contributed by atoms with E-state index >= 15 is 0 Å². The molecule has 0 aromatic carbocycles. The summed E-state index contributed by atoms with van der Waals surface area (Å²) in [5.74, 6) is -1.00. The summed E-state index contributed by atoms with van der Waals surface area (Å²) in [6.45, 7) is 4.98. The number of rotatable bonds is 7. The van der Waals surface area contributed by atoms with Crippen LogP contribution >= 0.6 is 0 Å². The number of likely N-dealkylation sites (tertiary alicyclic amines) is 1. The van der Waals surface area contributed by atoms with E-state index in [0.717, 1.165) is 25.7 Å². The summed E-state index contributed by atoms with van der Waals surface area (Å²) in [5, 5.41) is 11.9. The maximum Gasteiger partial charge on any atom is 0.313 e. The van der Waals surface area contributed by atoms with Crippen molar-refractivity contribution < 1.29 is 19.8 Å². The molecule has 168 valence electrons. The lowest BCUT2D eigenvalue weighted by atomic mass is 9.75. The largest absolute Gasteiger partial charge is 0.374 e. The van der Waals surface area contributed by atoms with Crippen molar-refractivity contribution in [3.8, 4) is 0 Å². The number of nitrogens with zero attached hydrogens (tertiary/aromatic N) is 2. The molecule has 0 unspecified atom stereocenters. The summed E-state index contributed by atoms with van der Waals surface area (Å²) in [6.07, 6.45) is 8.65. The lowest BCUT2D eigenvalue weighted by Crippen LogP contribution is -2.51. The van der Waals surface area contributed by atoms with Gasteiger partial charge in [-0.15, -0.1) is 0 Å². The minimum absolute atomic E-state index is 0.0367. The van der Waals surface area contributed by atoms with Crippen molar-refractivity contribution in [2.75, 3.05) is 18.4 Å². The molecule has 2 aliphatic rings. The molecule has 3 amide bonds. The average molecular weight is 430 g/mol. The van der Waals surface area contributed by atoms with Gasteiger partial charge in [-0.2, -0.15) is 0 Å². The Hall–Kier alpha value is -2.97. The fourth-order valence-electron chi connectivity index (χ4n) is 4.63. The van der Waals surface area contributed by atoms with Crippen molar-refractivity contribution >= 4 is 29.1 Å². The monoisotopic (exact) mass is 429 g/mol. The topological polar surface area (TPSA) is 143 Å². The Morgan fingerprint density at radius 3 is 2.77 bits per heavy atom. The number of nitrogens with two attached hydrogens (primary N) is 2. The van der Waals surface area contributed by atoms with E-state index in [1.165, 1.54) is 18.8 Å². The zero-order valence-corrected chi connectivity index (χ0v) is 18.3. The van der Waals surface area contributed by atoms with E-state index < -0.39 is 11.9 Å². The molecule has 1 aromatic rings. The lowest BCUT2D eigenvalue weighted by Gasteiger charge is -2.36. The Labute approximate surface area is 182 Å². The SMILES string of the molecule is CC1(C)CCC[C@@H](NC(=O)[C@@H]2CCCN2C(=O)CNc2cnccc2C(=[NH2+])C(N)=O)C1. The molecule has 1 aromatic heterocycles. The van der Waals surface area contributed by atoms with Crippen LogP contribution in [0.4, 0.5) is 5.69 Å². The first-order chi connectivity index (χ1) is 14.7. The van der Waals surface area contributed by atoms with Crippen molar-refractivity contribution in [3.05, 3.63) is 24.0 Å². The Balaban J connectivity index is 1.60. The van der Waals surface area contributed by atoms with Crippen LogP contribution in [0, 0.1) is 5.41 Å². The number of amides is 3. The quantitative estimate of drug-likeness (QED) is 0.436. The average Bonchev–Trinajstić information content (AvgIpc) is 3.21. The third-order valence-electron chi connectivity index (χ3n) is 6.23. The lowest BCUT2D eigenvalue weighted by molar-refractivity contribution is -0.137. The molecule has 2 heterocycles. The van der Waals surface area contributed by atoms with Crippen LogP contribution < -0.4 is 21.8 Å². The number of anilines is 1. The molecule has 2 fully saturated rings. The maximum atomic E-state index is 12.9. The first kappa shape index (κ1) is 22.7. The molecule has 9 nitrogen and oxygen atoms in total. The van der Waals surface area contributed by atoms with Gasteiger partial charge < -0.3 is 21.3 Å². The number of hydrogen-bond donors (Lipinski definition) is 4. The van der Waals surface area contributed by atoms with Crippen molar-refractivity contribution in [3.63, 3.8) is 0 Å². The minimum Gasteiger partial charge on any atom is -0.374 e. The number of carbonyl (C=O) groups is 3. The molecule has 1 aliphatic heterocycles. The molecule has 2 atom stereocenters. The second-order valence-electron chi connectivity index (χ2n) is 9.26. The fourth-order valence-corrected chi connectivity index (χ4v) is 4.63. The van der Waals surface area contributed by atoms with Crippen molar-refractivity contribution in [1.29, 1.82) is 0 Å². The number of pyridine rings is 1. The molecule has 3 rings (SSSR count). The van der Waals surface area contributed by atoms with Crippen molar-refractivity contribution in [2.45, 2.75) is 64.5 Å². The highest BCUT2D eigenvalue weighted by atomic mass is 16.2. The first-order valence-corrected chi connectivity index (χ1v) is 10.9. The Bertz CT molecular complexity index is 869. The van der Waals surface area contributed by atoms with Crippen molar-refractivity contribution in [2.24, 2.45) is 11.1 Å². The van der Waals surface area contributed by atoms with Gasteiger partial charge in [0.15, 0.2) is 0 Å². The van der Waals surface area contributed by atoms with E-state index in [1.54, 1.807) is 11.0 Å². The van der Waals surface area contributed by atoms with Crippen molar-refractivity contribution in [1.82, 2.24) is 15.2 Å². The van der Waals surface area contributed by atoms with Gasteiger partial charge in [0.25, 0.3) is 5.71 Å². The molecular formula is C22H33N6O3+. The molecule has 1 saturated carbocycles.